The largest absolute Gasteiger partial charge is 0.408 e. The van der Waals surface area contributed by atoms with Crippen molar-refractivity contribution in [2.24, 2.45) is 0 Å². The van der Waals surface area contributed by atoms with Crippen molar-refractivity contribution >= 4 is 21.9 Å². The van der Waals surface area contributed by atoms with E-state index in [4.69, 9.17) is 4.42 Å². The van der Waals surface area contributed by atoms with Crippen LogP contribution in [0.2, 0.25) is 0 Å². The molecule has 0 spiro atoms. The first-order valence-electron chi connectivity index (χ1n) is 4.97. The summed E-state index contributed by atoms with van der Waals surface area (Å²) in [7, 11) is 0. The van der Waals surface area contributed by atoms with Crippen LogP contribution in [-0.4, -0.2) is 10.2 Å². The zero-order valence-electron chi connectivity index (χ0n) is 9.07. The molecular weight excluding hydrogens is 270 g/mol. The lowest BCUT2D eigenvalue weighted by molar-refractivity contribution is 0.525. The fourth-order valence-corrected chi connectivity index (χ4v) is 1.64. The molecule has 2 aromatic rings. The van der Waals surface area contributed by atoms with Gasteiger partial charge in [-0.15, -0.1) is 5.10 Å². The lowest BCUT2D eigenvalue weighted by atomic mass is 10.1. The number of benzene rings is 1. The number of rotatable bonds is 3. The van der Waals surface area contributed by atoms with Gasteiger partial charge in [-0.2, -0.15) is 0 Å². The third-order valence-electron chi connectivity index (χ3n) is 2.24. The molecular formula is C11H12BrN3O. The van der Waals surface area contributed by atoms with Gasteiger partial charge in [0.15, 0.2) is 0 Å². The molecule has 0 saturated carbocycles. The van der Waals surface area contributed by atoms with Gasteiger partial charge in [0.2, 0.25) is 5.89 Å². The number of halogens is 1. The molecule has 0 saturated heterocycles. The van der Waals surface area contributed by atoms with Crippen molar-refractivity contribution in [2.75, 3.05) is 5.32 Å². The monoisotopic (exact) mass is 281 g/mol. The van der Waals surface area contributed by atoms with E-state index in [2.05, 4.69) is 31.4 Å². The van der Waals surface area contributed by atoms with Gasteiger partial charge in [0, 0.05) is 11.4 Å². The second kappa shape index (κ2) is 4.65. The Morgan fingerprint density at radius 1 is 1.25 bits per heavy atom. The minimum absolute atomic E-state index is 0.132. The van der Waals surface area contributed by atoms with E-state index in [0.29, 0.717) is 11.9 Å². The van der Waals surface area contributed by atoms with Crippen LogP contribution < -0.4 is 5.32 Å². The van der Waals surface area contributed by atoms with Crippen LogP contribution in [0.15, 0.2) is 33.2 Å². The average molecular weight is 282 g/mol. The Bertz CT molecular complexity index is 466. The molecule has 5 heteroatoms. The summed E-state index contributed by atoms with van der Waals surface area (Å²) in [5, 5.41) is 10.8. The van der Waals surface area contributed by atoms with Gasteiger partial charge in [0.1, 0.15) is 0 Å². The molecule has 1 unspecified atom stereocenters. The number of hydrogen-bond donors (Lipinski definition) is 1. The van der Waals surface area contributed by atoms with Gasteiger partial charge < -0.3 is 9.73 Å². The number of aryl methyl sites for hydroxylation is 1. The van der Waals surface area contributed by atoms with E-state index in [1.165, 1.54) is 5.56 Å². The predicted molar refractivity (Wildman–Crippen MR) is 65.2 cm³/mol. The molecule has 0 aliphatic carbocycles. The molecule has 1 N–H and O–H groups in total. The summed E-state index contributed by atoms with van der Waals surface area (Å²) in [6.07, 6.45) is 0. The third kappa shape index (κ3) is 2.61. The van der Waals surface area contributed by atoms with Gasteiger partial charge in [-0.1, -0.05) is 33.2 Å². The van der Waals surface area contributed by atoms with E-state index in [1.807, 2.05) is 31.2 Å². The quantitative estimate of drug-likeness (QED) is 0.938. The maximum Gasteiger partial charge on any atom is 0.315 e. The van der Waals surface area contributed by atoms with Gasteiger partial charge in [0.05, 0.1) is 6.04 Å². The Balaban J connectivity index is 2.08. The second-order valence-electron chi connectivity index (χ2n) is 3.54. The van der Waals surface area contributed by atoms with Crippen LogP contribution in [-0.2, 0) is 0 Å². The normalized spacial score (nSPS) is 12.4. The Morgan fingerprint density at radius 3 is 2.50 bits per heavy atom. The number of nitrogens with zero attached hydrogens (tertiary/aromatic N) is 2. The summed E-state index contributed by atoms with van der Waals surface area (Å²) in [5.74, 6) is 0.561. The molecule has 2 rings (SSSR count). The van der Waals surface area contributed by atoms with Crippen LogP contribution in [0.1, 0.15) is 24.4 Å². The molecule has 0 radical (unpaired) electrons. The standard InChI is InChI=1S/C11H12BrN3O/c1-7(9-3-5-10(12)6-4-9)13-11-15-14-8(2)16-11/h3-7H,1-2H3,(H,13,15). The number of aromatic nitrogens is 2. The van der Waals surface area contributed by atoms with E-state index in [0.717, 1.165) is 4.47 Å². The van der Waals surface area contributed by atoms with Crippen molar-refractivity contribution in [1.29, 1.82) is 0 Å². The predicted octanol–water partition coefficient (Wildman–Crippen LogP) is 3.31. The summed E-state index contributed by atoms with van der Waals surface area (Å²) in [6.45, 7) is 3.81. The highest BCUT2D eigenvalue weighted by atomic mass is 79.9. The highest BCUT2D eigenvalue weighted by molar-refractivity contribution is 9.10. The van der Waals surface area contributed by atoms with Crippen LogP contribution in [0, 0.1) is 6.92 Å². The van der Waals surface area contributed by atoms with Crippen LogP contribution in [0.3, 0.4) is 0 Å². The molecule has 1 atom stereocenters. The van der Waals surface area contributed by atoms with Crippen LogP contribution >= 0.6 is 15.9 Å². The molecule has 0 bridgehead atoms. The molecule has 84 valence electrons. The van der Waals surface area contributed by atoms with Crippen molar-refractivity contribution in [3.63, 3.8) is 0 Å². The van der Waals surface area contributed by atoms with Gasteiger partial charge in [-0.25, -0.2) is 0 Å². The van der Waals surface area contributed by atoms with Crippen LogP contribution in [0.25, 0.3) is 0 Å². The number of anilines is 1. The molecule has 0 aliphatic heterocycles. The maximum absolute atomic E-state index is 5.26. The maximum atomic E-state index is 5.26. The molecule has 1 aromatic heterocycles. The summed E-state index contributed by atoms with van der Waals surface area (Å²) in [4.78, 5) is 0. The summed E-state index contributed by atoms with van der Waals surface area (Å²) >= 11 is 3.40. The number of nitrogens with one attached hydrogen (secondary N) is 1. The van der Waals surface area contributed by atoms with Crippen molar-refractivity contribution in [3.05, 3.63) is 40.2 Å². The van der Waals surface area contributed by atoms with Crippen molar-refractivity contribution in [3.8, 4) is 0 Å². The highest BCUT2D eigenvalue weighted by Crippen LogP contribution is 2.20. The third-order valence-corrected chi connectivity index (χ3v) is 2.76. The average Bonchev–Trinajstić information content (AvgIpc) is 2.65. The Labute approximate surface area is 102 Å². The fraction of sp³-hybridized carbons (Fsp3) is 0.273. The zero-order chi connectivity index (χ0) is 11.5. The molecule has 0 aliphatic rings. The first-order chi connectivity index (χ1) is 7.65. The van der Waals surface area contributed by atoms with Crippen molar-refractivity contribution in [2.45, 2.75) is 19.9 Å². The molecule has 4 nitrogen and oxygen atoms in total. The molecule has 1 aromatic carbocycles. The van der Waals surface area contributed by atoms with E-state index >= 15 is 0 Å². The van der Waals surface area contributed by atoms with Crippen LogP contribution in [0.5, 0.6) is 0 Å². The molecule has 1 heterocycles. The summed E-state index contributed by atoms with van der Waals surface area (Å²) in [5.41, 5.74) is 1.17. The first-order valence-corrected chi connectivity index (χ1v) is 5.76. The van der Waals surface area contributed by atoms with E-state index < -0.39 is 0 Å². The van der Waals surface area contributed by atoms with Gasteiger partial charge in [-0.05, 0) is 24.6 Å². The first kappa shape index (κ1) is 11.1. The minimum atomic E-state index is 0.132. The second-order valence-corrected chi connectivity index (χ2v) is 4.46. The van der Waals surface area contributed by atoms with Gasteiger partial charge in [0.25, 0.3) is 0 Å². The topological polar surface area (TPSA) is 51.0 Å². The summed E-state index contributed by atoms with van der Waals surface area (Å²) in [6, 6.07) is 8.69. The van der Waals surface area contributed by atoms with E-state index in [9.17, 15) is 0 Å². The Hall–Kier alpha value is -1.36. The molecule has 0 amide bonds. The Morgan fingerprint density at radius 2 is 1.94 bits per heavy atom. The lowest BCUT2D eigenvalue weighted by Crippen LogP contribution is -2.06. The van der Waals surface area contributed by atoms with Crippen molar-refractivity contribution in [1.82, 2.24) is 10.2 Å². The SMILES string of the molecule is Cc1nnc(NC(C)c2ccc(Br)cc2)o1. The van der Waals surface area contributed by atoms with Gasteiger partial charge in [-0.3, -0.25) is 0 Å². The molecule has 0 fully saturated rings. The lowest BCUT2D eigenvalue weighted by Gasteiger charge is -2.11. The Kier molecular flexibility index (Phi) is 3.24. The number of hydrogen-bond acceptors (Lipinski definition) is 4. The van der Waals surface area contributed by atoms with Gasteiger partial charge >= 0.3 is 6.01 Å². The summed E-state index contributed by atoms with van der Waals surface area (Å²) < 4.78 is 6.32. The van der Waals surface area contributed by atoms with Crippen molar-refractivity contribution < 1.29 is 4.42 Å². The van der Waals surface area contributed by atoms with E-state index in [-0.39, 0.29) is 6.04 Å². The zero-order valence-corrected chi connectivity index (χ0v) is 10.7. The minimum Gasteiger partial charge on any atom is -0.408 e. The molecule has 16 heavy (non-hydrogen) atoms. The van der Waals surface area contributed by atoms with E-state index in [1.54, 1.807) is 6.92 Å². The highest BCUT2D eigenvalue weighted by Gasteiger charge is 2.08. The smallest absolute Gasteiger partial charge is 0.315 e. The fourth-order valence-electron chi connectivity index (χ4n) is 1.37. The van der Waals surface area contributed by atoms with Crippen LogP contribution in [0.4, 0.5) is 6.01 Å².